The monoisotopic (exact) mass is 260 g/mol. The molecule has 1 aromatic rings. The average molecular weight is 260 g/mol. The highest BCUT2D eigenvalue weighted by Gasteiger charge is 2.10. The van der Waals surface area contributed by atoms with Crippen molar-refractivity contribution in [3.63, 3.8) is 0 Å². The number of methoxy groups -OCH3 is 1. The van der Waals surface area contributed by atoms with Crippen LogP contribution in [-0.4, -0.2) is 19.6 Å². The lowest BCUT2D eigenvalue weighted by Gasteiger charge is -2.15. The number of hydrogen-bond donors (Lipinski definition) is 1. The lowest BCUT2D eigenvalue weighted by atomic mass is 9.96. The summed E-state index contributed by atoms with van der Waals surface area (Å²) in [6.07, 6.45) is 0.675. The third-order valence-electron chi connectivity index (χ3n) is 3.29. The average Bonchev–Trinajstić information content (AvgIpc) is 2.36. The van der Waals surface area contributed by atoms with E-state index in [0.29, 0.717) is 6.54 Å². The van der Waals surface area contributed by atoms with Crippen LogP contribution in [0.15, 0.2) is 6.07 Å². The van der Waals surface area contributed by atoms with Gasteiger partial charge in [-0.2, -0.15) is 5.26 Å². The molecule has 0 spiro atoms. The van der Waals surface area contributed by atoms with E-state index < -0.39 is 0 Å². The molecule has 102 valence electrons. The summed E-state index contributed by atoms with van der Waals surface area (Å²) in [5.41, 5.74) is 4.63. The summed E-state index contributed by atoms with van der Waals surface area (Å²) in [4.78, 5) is 11.2. The summed E-state index contributed by atoms with van der Waals surface area (Å²) < 4.78 is 5.38. The van der Waals surface area contributed by atoms with Crippen molar-refractivity contribution in [2.45, 2.75) is 33.6 Å². The van der Waals surface area contributed by atoms with Gasteiger partial charge in [0.25, 0.3) is 0 Å². The molecule has 0 aliphatic carbocycles. The quantitative estimate of drug-likeness (QED) is 0.882. The van der Waals surface area contributed by atoms with E-state index in [1.807, 2.05) is 19.9 Å². The summed E-state index contributed by atoms with van der Waals surface area (Å²) >= 11 is 0. The van der Waals surface area contributed by atoms with E-state index >= 15 is 0 Å². The maximum atomic E-state index is 11.2. The molecule has 4 nitrogen and oxygen atoms in total. The normalized spacial score (nSPS) is 9.84. The summed E-state index contributed by atoms with van der Waals surface area (Å²) in [6, 6.07) is 3.93. The molecule has 1 rings (SSSR count). The highest BCUT2D eigenvalue weighted by atomic mass is 16.5. The lowest BCUT2D eigenvalue weighted by molar-refractivity contribution is -0.120. The molecule has 0 saturated carbocycles. The number of carbonyl (C=O) groups is 1. The number of benzene rings is 1. The molecule has 0 fully saturated rings. The van der Waals surface area contributed by atoms with Crippen LogP contribution in [-0.2, 0) is 11.2 Å². The van der Waals surface area contributed by atoms with Crippen molar-refractivity contribution in [1.82, 2.24) is 5.32 Å². The molecular formula is C15H20N2O2. The Hall–Kier alpha value is -2.02. The minimum Gasteiger partial charge on any atom is -0.496 e. The largest absolute Gasteiger partial charge is 0.496 e. The number of carbonyl (C=O) groups excluding carboxylic acids is 1. The first kappa shape index (κ1) is 15.0. The van der Waals surface area contributed by atoms with Gasteiger partial charge in [-0.3, -0.25) is 4.79 Å². The number of nitriles is 1. The van der Waals surface area contributed by atoms with E-state index in [9.17, 15) is 4.79 Å². The van der Waals surface area contributed by atoms with Gasteiger partial charge in [0.1, 0.15) is 12.2 Å². The molecule has 19 heavy (non-hydrogen) atoms. The maximum Gasteiger partial charge on any atom is 0.234 e. The highest BCUT2D eigenvalue weighted by molar-refractivity contribution is 5.77. The van der Waals surface area contributed by atoms with Crippen LogP contribution in [0.1, 0.15) is 28.7 Å². The van der Waals surface area contributed by atoms with E-state index in [0.717, 1.165) is 23.3 Å². The van der Waals surface area contributed by atoms with Gasteiger partial charge in [0.05, 0.1) is 13.2 Å². The van der Waals surface area contributed by atoms with Crippen molar-refractivity contribution in [1.29, 1.82) is 5.26 Å². The Balaban J connectivity index is 2.75. The van der Waals surface area contributed by atoms with Crippen molar-refractivity contribution < 1.29 is 9.53 Å². The molecule has 4 heteroatoms. The first-order chi connectivity index (χ1) is 9.01. The van der Waals surface area contributed by atoms with Crippen LogP contribution < -0.4 is 10.1 Å². The number of amides is 1. The van der Waals surface area contributed by atoms with Crippen LogP contribution in [0.25, 0.3) is 0 Å². The van der Waals surface area contributed by atoms with Crippen molar-refractivity contribution in [2.75, 3.05) is 13.7 Å². The molecule has 0 heterocycles. The van der Waals surface area contributed by atoms with Crippen LogP contribution >= 0.6 is 0 Å². The topological polar surface area (TPSA) is 62.1 Å². The Morgan fingerprint density at radius 2 is 2.05 bits per heavy atom. The Bertz CT molecular complexity index is 516. The zero-order chi connectivity index (χ0) is 14.4. The van der Waals surface area contributed by atoms with Crippen LogP contribution in [0.3, 0.4) is 0 Å². The number of nitrogens with one attached hydrogen (secondary N) is 1. The summed E-state index contributed by atoms with van der Waals surface area (Å²) in [7, 11) is 1.68. The minimum atomic E-state index is -0.220. The molecule has 0 unspecified atom stereocenters. The second-order valence-electron chi connectivity index (χ2n) is 4.57. The van der Waals surface area contributed by atoms with Gasteiger partial charge < -0.3 is 10.1 Å². The number of hydrogen-bond acceptors (Lipinski definition) is 3. The van der Waals surface area contributed by atoms with E-state index in [1.54, 1.807) is 7.11 Å². The van der Waals surface area contributed by atoms with Crippen LogP contribution in [0.2, 0.25) is 0 Å². The van der Waals surface area contributed by atoms with Crippen molar-refractivity contribution in [2.24, 2.45) is 0 Å². The second-order valence-corrected chi connectivity index (χ2v) is 4.57. The molecule has 0 aliphatic rings. The zero-order valence-electron chi connectivity index (χ0n) is 12.0. The maximum absolute atomic E-state index is 11.2. The number of aryl methyl sites for hydroxylation is 1. The van der Waals surface area contributed by atoms with Gasteiger partial charge in [-0.1, -0.05) is 6.07 Å². The van der Waals surface area contributed by atoms with E-state index in [4.69, 9.17) is 10.00 Å². The molecule has 1 amide bonds. The van der Waals surface area contributed by atoms with Gasteiger partial charge >= 0.3 is 0 Å². The summed E-state index contributed by atoms with van der Waals surface area (Å²) in [6.45, 7) is 6.66. The Labute approximate surface area is 114 Å². The van der Waals surface area contributed by atoms with Crippen LogP contribution in [0.4, 0.5) is 0 Å². The van der Waals surface area contributed by atoms with Crippen molar-refractivity contribution in [3.8, 4) is 11.8 Å². The van der Waals surface area contributed by atoms with E-state index in [1.165, 1.54) is 11.1 Å². The predicted molar refractivity (Wildman–Crippen MR) is 74.1 cm³/mol. The Morgan fingerprint density at radius 1 is 1.37 bits per heavy atom. The fourth-order valence-electron chi connectivity index (χ4n) is 2.19. The van der Waals surface area contributed by atoms with E-state index in [2.05, 4.69) is 18.3 Å². The Kier molecular flexibility index (Phi) is 5.37. The second kappa shape index (κ2) is 6.79. The molecule has 1 aromatic carbocycles. The molecular weight excluding hydrogens is 240 g/mol. The van der Waals surface area contributed by atoms with Crippen molar-refractivity contribution in [3.05, 3.63) is 28.3 Å². The predicted octanol–water partition coefficient (Wildman–Crippen LogP) is 2.19. The third kappa shape index (κ3) is 3.72. The van der Waals surface area contributed by atoms with E-state index in [-0.39, 0.29) is 12.3 Å². The van der Waals surface area contributed by atoms with Gasteiger partial charge in [0.2, 0.25) is 5.91 Å². The minimum absolute atomic E-state index is 0.0837. The fraction of sp³-hybridized carbons (Fsp3) is 0.467. The van der Waals surface area contributed by atoms with Gasteiger partial charge in [-0.05, 0) is 49.4 Å². The molecule has 1 N–H and O–H groups in total. The Morgan fingerprint density at radius 3 is 2.63 bits per heavy atom. The standard InChI is InChI=1S/C15H20N2O2/c1-10-9-13(6-8-17-14(18)5-7-16)11(2)12(3)15(10)19-4/h9H,5-6,8H2,1-4H3,(H,17,18). The van der Waals surface area contributed by atoms with Crippen LogP contribution in [0, 0.1) is 32.1 Å². The molecule has 0 aromatic heterocycles. The molecule has 0 radical (unpaired) electrons. The lowest BCUT2D eigenvalue weighted by Crippen LogP contribution is -2.25. The highest BCUT2D eigenvalue weighted by Crippen LogP contribution is 2.28. The fourth-order valence-corrected chi connectivity index (χ4v) is 2.19. The van der Waals surface area contributed by atoms with Gasteiger partial charge in [0.15, 0.2) is 0 Å². The molecule has 0 saturated heterocycles. The summed E-state index contributed by atoms with van der Waals surface area (Å²) in [5.74, 6) is 0.705. The first-order valence-electron chi connectivity index (χ1n) is 6.28. The molecule has 0 aliphatic heterocycles. The zero-order valence-corrected chi connectivity index (χ0v) is 12.0. The van der Waals surface area contributed by atoms with Gasteiger partial charge in [-0.15, -0.1) is 0 Å². The van der Waals surface area contributed by atoms with Crippen LogP contribution in [0.5, 0.6) is 5.75 Å². The molecule has 0 bridgehead atoms. The van der Waals surface area contributed by atoms with Gasteiger partial charge in [-0.25, -0.2) is 0 Å². The number of rotatable bonds is 5. The molecule has 0 atom stereocenters. The number of ether oxygens (including phenoxy) is 1. The third-order valence-corrected chi connectivity index (χ3v) is 3.29. The SMILES string of the molecule is COc1c(C)cc(CCNC(=O)CC#N)c(C)c1C. The smallest absolute Gasteiger partial charge is 0.234 e. The summed E-state index contributed by atoms with van der Waals surface area (Å²) in [5, 5.41) is 11.1. The van der Waals surface area contributed by atoms with Gasteiger partial charge in [0, 0.05) is 6.54 Å². The first-order valence-corrected chi connectivity index (χ1v) is 6.28. The number of nitrogens with zero attached hydrogens (tertiary/aromatic N) is 1. The van der Waals surface area contributed by atoms with Crippen molar-refractivity contribution >= 4 is 5.91 Å².